The Hall–Kier alpha value is -1.48. The van der Waals surface area contributed by atoms with Crippen LogP contribution in [0.4, 0.5) is 5.82 Å². The first-order valence-corrected chi connectivity index (χ1v) is 8.24. The molecule has 4 rings (SSSR count). The van der Waals surface area contributed by atoms with Crippen LogP contribution in [0.25, 0.3) is 5.69 Å². The Kier molecular flexibility index (Phi) is 3.18. The van der Waals surface area contributed by atoms with Crippen molar-refractivity contribution in [3.63, 3.8) is 0 Å². The third-order valence-electron chi connectivity index (χ3n) is 4.89. The highest BCUT2D eigenvalue weighted by molar-refractivity contribution is 6.31. The van der Waals surface area contributed by atoms with E-state index in [9.17, 15) is 0 Å². The smallest absolute Gasteiger partial charge is 0.133 e. The van der Waals surface area contributed by atoms with Crippen LogP contribution >= 0.6 is 11.6 Å². The first-order chi connectivity index (χ1) is 10.3. The molecule has 0 unspecified atom stereocenters. The van der Waals surface area contributed by atoms with Gasteiger partial charge in [-0.2, -0.15) is 5.10 Å². The summed E-state index contributed by atoms with van der Waals surface area (Å²) in [5.74, 6) is 1.83. The van der Waals surface area contributed by atoms with Gasteiger partial charge in [-0.1, -0.05) is 30.5 Å². The van der Waals surface area contributed by atoms with Crippen molar-refractivity contribution in [2.75, 3.05) is 11.9 Å². The van der Waals surface area contributed by atoms with Crippen LogP contribution in [0, 0.1) is 6.92 Å². The number of hydrogen-bond donors (Lipinski definition) is 1. The number of nitrogens with zero attached hydrogens (tertiary/aromatic N) is 2. The first kappa shape index (κ1) is 13.2. The molecule has 1 aromatic heterocycles. The second-order valence-electron chi connectivity index (χ2n) is 6.17. The summed E-state index contributed by atoms with van der Waals surface area (Å²) < 4.78 is 2.08. The minimum atomic E-state index is 0.652. The van der Waals surface area contributed by atoms with E-state index in [1.807, 2.05) is 12.1 Å². The molecular weight excluding hydrogens is 282 g/mol. The molecule has 2 aliphatic rings. The van der Waals surface area contributed by atoms with Gasteiger partial charge in [-0.05, 0) is 43.9 Å². The molecule has 0 amide bonds. The lowest BCUT2D eigenvalue weighted by molar-refractivity contribution is 0.670. The quantitative estimate of drug-likeness (QED) is 0.887. The van der Waals surface area contributed by atoms with E-state index < -0.39 is 0 Å². The van der Waals surface area contributed by atoms with Crippen LogP contribution < -0.4 is 5.32 Å². The number of halogens is 1. The van der Waals surface area contributed by atoms with E-state index >= 15 is 0 Å². The molecule has 1 N–H and O–H groups in total. The predicted molar refractivity (Wildman–Crippen MR) is 86.7 cm³/mol. The molecule has 21 heavy (non-hydrogen) atoms. The van der Waals surface area contributed by atoms with Crippen molar-refractivity contribution in [2.45, 2.75) is 44.9 Å². The summed E-state index contributed by atoms with van der Waals surface area (Å²) in [7, 11) is 0. The molecule has 0 bridgehead atoms. The van der Waals surface area contributed by atoms with Crippen molar-refractivity contribution in [2.24, 2.45) is 0 Å². The lowest BCUT2D eigenvalue weighted by Gasteiger charge is -2.11. The van der Waals surface area contributed by atoms with Gasteiger partial charge in [0.2, 0.25) is 0 Å². The van der Waals surface area contributed by atoms with Crippen LogP contribution in [-0.2, 0) is 6.42 Å². The zero-order valence-electron chi connectivity index (χ0n) is 12.3. The van der Waals surface area contributed by atoms with Crippen LogP contribution in [0.3, 0.4) is 0 Å². The molecule has 0 atom stereocenters. The number of nitrogens with one attached hydrogen (secondary N) is 1. The van der Waals surface area contributed by atoms with E-state index in [0.29, 0.717) is 5.92 Å². The summed E-state index contributed by atoms with van der Waals surface area (Å²) in [6.45, 7) is 3.09. The topological polar surface area (TPSA) is 29.9 Å². The molecule has 4 heteroatoms. The summed E-state index contributed by atoms with van der Waals surface area (Å²) in [6, 6.07) is 6.05. The number of anilines is 1. The molecule has 1 fully saturated rings. The van der Waals surface area contributed by atoms with Crippen molar-refractivity contribution >= 4 is 17.4 Å². The number of hydrogen-bond acceptors (Lipinski definition) is 2. The Morgan fingerprint density at radius 2 is 2.10 bits per heavy atom. The average Bonchev–Trinajstić information content (AvgIpc) is 3.17. The average molecular weight is 302 g/mol. The molecule has 3 nitrogen and oxygen atoms in total. The van der Waals surface area contributed by atoms with Gasteiger partial charge in [-0.3, -0.25) is 0 Å². The summed E-state index contributed by atoms with van der Waals surface area (Å²) >= 11 is 6.29. The Balaban J connectivity index is 1.86. The SMILES string of the molecule is Cc1c(Cl)cccc1-n1nc(C2CCCC2)c2c1NCC2. The fraction of sp³-hybridized carbons (Fsp3) is 0.471. The maximum atomic E-state index is 6.29. The molecule has 1 saturated carbocycles. The number of rotatable bonds is 2. The first-order valence-electron chi connectivity index (χ1n) is 7.87. The Labute approximate surface area is 130 Å². The third kappa shape index (κ3) is 2.06. The van der Waals surface area contributed by atoms with E-state index in [1.165, 1.54) is 42.8 Å². The number of fused-ring (bicyclic) bond motifs is 1. The summed E-state index contributed by atoms with van der Waals surface area (Å²) in [5, 5.41) is 9.30. The zero-order valence-corrected chi connectivity index (χ0v) is 13.1. The lowest BCUT2D eigenvalue weighted by Crippen LogP contribution is -2.07. The predicted octanol–water partition coefficient (Wildman–Crippen LogP) is 4.46. The minimum absolute atomic E-state index is 0.652. The molecule has 0 radical (unpaired) electrons. The minimum Gasteiger partial charge on any atom is -0.369 e. The van der Waals surface area contributed by atoms with Gasteiger partial charge in [-0.25, -0.2) is 4.68 Å². The number of aromatic nitrogens is 2. The van der Waals surface area contributed by atoms with Crippen molar-refractivity contribution in [3.05, 3.63) is 40.0 Å². The fourth-order valence-corrected chi connectivity index (χ4v) is 3.90. The summed E-state index contributed by atoms with van der Waals surface area (Å²) in [6.07, 6.45) is 6.36. The monoisotopic (exact) mass is 301 g/mol. The van der Waals surface area contributed by atoms with Crippen molar-refractivity contribution in [3.8, 4) is 5.69 Å². The van der Waals surface area contributed by atoms with Gasteiger partial charge in [-0.15, -0.1) is 0 Å². The molecule has 2 heterocycles. The molecule has 1 aliphatic heterocycles. The standard InChI is InChI=1S/C17H20ClN3/c1-11-14(18)7-4-8-15(11)21-17-13(9-10-19-17)16(20-21)12-5-2-3-6-12/h4,7-8,12,19H,2-3,5-6,9-10H2,1H3. The van der Waals surface area contributed by atoms with Crippen LogP contribution in [0.15, 0.2) is 18.2 Å². The van der Waals surface area contributed by atoms with Gasteiger partial charge in [0.25, 0.3) is 0 Å². The molecule has 0 spiro atoms. The van der Waals surface area contributed by atoms with Crippen LogP contribution in [0.2, 0.25) is 5.02 Å². The highest BCUT2D eigenvalue weighted by Gasteiger charge is 2.29. The zero-order chi connectivity index (χ0) is 14.4. The molecule has 1 aliphatic carbocycles. The van der Waals surface area contributed by atoms with Gasteiger partial charge in [0.1, 0.15) is 5.82 Å². The van der Waals surface area contributed by atoms with Crippen LogP contribution in [0.5, 0.6) is 0 Å². The second-order valence-corrected chi connectivity index (χ2v) is 6.57. The third-order valence-corrected chi connectivity index (χ3v) is 5.30. The Morgan fingerprint density at radius 3 is 2.90 bits per heavy atom. The second kappa shape index (κ2) is 5.06. The fourth-order valence-electron chi connectivity index (χ4n) is 3.73. The van der Waals surface area contributed by atoms with E-state index in [1.54, 1.807) is 0 Å². The van der Waals surface area contributed by atoms with Crippen molar-refractivity contribution in [1.29, 1.82) is 0 Å². The van der Waals surface area contributed by atoms with Crippen LogP contribution in [-0.4, -0.2) is 16.3 Å². The maximum absolute atomic E-state index is 6.29. The van der Waals surface area contributed by atoms with Crippen molar-refractivity contribution in [1.82, 2.24) is 9.78 Å². The van der Waals surface area contributed by atoms with E-state index in [0.717, 1.165) is 29.2 Å². The van der Waals surface area contributed by atoms with Crippen LogP contribution in [0.1, 0.15) is 48.4 Å². The summed E-state index contributed by atoms with van der Waals surface area (Å²) in [5.41, 5.74) is 4.95. The molecule has 1 aromatic carbocycles. The largest absolute Gasteiger partial charge is 0.369 e. The normalized spacial score (nSPS) is 18.0. The summed E-state index contributed by atoms with van der Waals surface area (Å²) in [4.78, 5) is 0. The Morgan fingerprint density at radius 1 is 1.29 bits per heavy atom. The van der Waals surface area contributed by atoms with Gasteiger partial charge in [0.15, 0.2) is 0 Å². The lowest BCUT2D eigenvalue weighted by atomic mass is 9.99. The molecule has 2 aromatic rings. The van der Waals surface area contributed by atoms with E-state index in [4.69, 9.17) is 16.7 Å². The van der Waals surface area contributed by atoms with Gasteiger partial charge in [0, 0.05) is 23.0 Å². The Bertz CT molecular complexity index is 684. The highest BCUT2D eigenvalue weighted by Crippen LogP contribution is 2.40. The van der Waals surface area contributed by atoms with E-state index in [-0.39, 0.29) is 0 Å². The molecule has 110 valence electrons. The highest BCUT2D eigenvalue weighted by atomic mass is 35.5. The van der Waals surface area contributed by atoms with Gasteiger partial charge >= 0.3 is 0 Å². The maximum Gasteiger partial charge on any atom is 0.133 e. The van der Waals surface area contributed by atoms with Crippen molar-refractivity contribution < 1.29 is 0 Å². The van der Waals surface area contributed by atoms with Gasteiger partial charge < -0.3 is 5.32 Å². The van der Waals surface area contributed by atoms with E-state index in [2.05, 4.69) is 23.0 Å². The van der Waals surface area contributed by atoms with Gasteiger partial charge in [0.05, 0.1) is 11.4 Å². The molecule has 0 saturated heterocycles. The number of benzene rings is 1. The molecular formula is C17H20ClN3.